The van der Waals surface area contributed by atoms with Crippen molar-refractivity contribution in [1.82, 2.24) is 4.90 Å². The third-order valence-electron chi connectivity index (χ3n) is 7.05. The van der Waals surface area contributed by atoms with Crippen molar-refractivity contribution in [2.24, 2.45) is 0 Å². The first kappa shape index (κ1) is 25.1. The largest absolute Gasteiger partial charge is 0.508 e. The van der Waals surface area contributed by atoms with E-state index >= 15 is 0 Å². The van der Waals surface area contributed by atoms with Crippen LogP contribution in [0, 0.1) is 0 Å². The molecule has 1 N–H and O–H groups in total. The van der Waals surface area contributed by atoms with Crippen LogP contribution in [0.1, 0.15) is 47.9 Å². The Morgan fingerprint density at radius 3 is 2.69 bits per heavy atom. The minimum atomic E-state index is -0.279. The lowest BCUT2D eigenvalue weighted by molar-refractivity contribution is 0.198. The number of allylic oxidation sites excluding steroid dienone is 1. The van der Waals surface area contributed by atoms with E-state index in [1.54, 1.807) is 12.1 Å². The van der Waals surface area contributed by atoms with Gasteiger partial charge in [-0.3, -0.25) is 9.29 Å². The highest BCUT2D eigenvalue weighted by Gasteiger charge is 2.25. The Morgan fingerprint density at radius 2 is 1.86 bits per heavy atom. The molecule has 5 rings (SSSR count). The molecule has 1 saturated heterocycles. The van der Waals surface area contributed by atoms with Crippen LogP contribution in [0.5, 0.6) is 11.5 Å². The van der Waals surface area contributed by atoms with Gasteiger partial charge in [0.25, 0.3) is 0 Å². The highest BCUT2D eigenvalue weighted by atomic mass is 35.5. The van der Waals surface area contributed by atoms with Gasteiger partial charge in [0.2, 0.25) is 0 Å². The van der Waals surface area contributed by atoms with Crippen LogP contribution in [0.25, 0.3) is 11.1 Å². The van der Waals surface area contributed by atoms with E-state index in [-0.39, 0.29) is 18.5 Å². The highest BCUT2D eigenvalue weighted by molar-refractivity contribution is 6.36. The van der Waals surface area contributed by atoms with Crippen LogP contribution >= 0.6 is 23.2 Å². The van der Waals surface area contributed by atoms with Gasteiger partial charge in [-0.1, -0.05) is 47.5 Å². The lowest BCUT2D eigenvalue weighted by atomic mass is 9.87. The number of ether oxygens (including phenoxy) is 1. The average molecular weight is 526 g/mol. The highest BCUT2D eigenvalue weighted by Crippen LogP contribution is 2.43. The predicted molar refractivity (Wildman–Crippen MR) is 146 cm³/mol. The molecule has 188 valence electrons. The van der Waals surface area contributed by atoms with Gasteiger partial charge in [0.1, 0.15) is 17.6 Å². The van der Waals surface area contributed by atoms with Gasteiger partial charge in [0.15, 0.2) is 0 Å². The van der Waals surface area contributed by atoms with Gasteiger partial charge >= 0.3 is 0 Å². The third-order valence-corrected chi connectivity index (χ3v) is 7.60. The Bertz CT molecular complexity index is 1280. The number of nitrogens with zero attached hydrogens (tertiary/aromatic N) is 1. The summed E-state index contributed by atoms with van der Waals surface area (Å²) in [5, 5.41) is 11.4. The summed E-state index contributed by atoms with van der Waals surface area (Å²) < 4.78 is 19.0. The number of hydrogen-bond donors (Lipinski definition) is 1. The van der Waals surface area contributed by atoms with Crippen molar-refractivity contribution in [3.8, 4) is 11.5 Å². The van der Waals surface area contributed by atoms with E-state index in [4.69, 9.17) is 27.9 Å². The topological polar surface area (TPSA) is 32.7 Å². The van der Waals surface area contributed by atoms with Gasteiger partial charge in [-0.15, -0.1) is 0 Å². The summed E-state index contributed by atoms with van der Waals surface area (Å²) in [7, 11) is 0. The van der Waals surface area contributed by atoms with Crippen molar-refractivity contribution < 1.29 is 14.2 Å². The number of likely N-dealkylation sites (tertiary alicyclic amines) is 1. The van der Waals surface area contributed by atoms with Gasteiger partial charge in [-0.2, -0.15) is 0 Å². The normalized spacial score (nSPS) is 18.2. The molecule has 0 spiro atoms. The van der Waals surface area contributed by atoms with Crippen LogP contribution in [-0.2, 0) is 6.42 Å². The molecule has 1 aliphatic carbocycles. The molecule has 0 aromatic heterocycles. The fourth-order valence-electron chi connectivity index (χ4n) is 5.40. The quantitative estimate of drug-likeness (QED) is 0.341. The molecule has 1 heterocycles. The van der Waals surface area contributed by atoms with E-state index < -0.39 is 0 Å². The second kappa shape index (κ2) is 11.2. The summed E-state index contributed by atoms with van der Waals surface area (Å²) in [6.07, 6.45) is 4.27. The third kappa shape index (κ3) is 5.56. The zero-order chi connectivity index (χ0) is 25.1. The van der Waals surface area contributed by atoms with E-state index in [2.05, 4.69) is 17.0 Å². The zero-order valence-corrected chi connectivity index (χ0v) is 21.7. The lowest BCUT2D eigenvalue weighted by Crippen LogP contribution is -2.26. The molecule has 1 fully saturated rings. The SMILES string of the molecule is Oc1ccc2c(c1)CCCC(c1ccc(Cl)cc1Cl)=C2c1cccc(O[C@@H]2CCN(CCCF)C2)c1. The van der Waals surface area contributed by atoms with E-state index in [0.717, 1.165) is 84.5 Å². The molecule has 3 aromatic carbocycles. The second-order valence-corrected chi connectivity index (χ2v) is 10.4. The molecular formula is C30H30Cl2FNO2. The van der Waals surface area contributed by atoms with E-state index in [1.807, 2.05) is 36.4 Å². The summed E-state index contributed by atoms with van der Waals surface area (Å²) in [5.74, 6) is 1.10. The molecule has 36 heavy (non-hydrogen) atoms. The molecule has 0 saturated carbocycles. The van der Waals surface area contributed by atoms with E-state index in [9.17, 15) is 9.50 Å². The first-order valence-electron chi connectivity index (χ1n) is 12.6. The summed E-state index contributed by atoms with van der Waals surface area (Å²) in [4.78, 5) is 2.27. The number of fused-ring (bicyclic) bond motifs is 1. The Labute approximate surface area is 222 Å². The number of rotatable bonds is 7. The van der Waals surface area contributed by atoms with Gasteiger partial charge < -0.3 is 9.84 Å². The number of phenols is 1. The molecule has 0 radical (unpaired) electrons. The average Bonchev–Trinajstić information content (AvgIpc) is 3.22. The van der Waals surface area contributed by atoms with Crippen LogP contribution in [0.2, 0.25) is 10.0 Å². The maximum absolute atomic E-state index is 12.6. The number of benzene rings is 3. The molecule has 3 aromatic rings. The summed E-state index contributed by atoms with van der Waals surface area (Å²) in [5.41, 5.74) is 6.51. The van der Waals surface area contributed by atoms with Crippen molar-refractivity contribution >= 4 is 34.3 Å². The Hall–Kier alpha value is -2.53. The molecular weight excluding hydrogens is 496 g/mol. The van der Waals surface area contributed by atoms with E-state index in [1.165, 1.54) is 0 Å². The minimum Gasteiger partial charge on any atom is -0.508 e. The molecule has 0 amide bonds. The van der Waals surface area contributed by atoms with Crippen LogP contribution in [0.3, 0.4) is 0 Å². The number of hydrogen-bond acceptors (Lipinski definition) is 3. The number of aromatic hydroxyl groups is 1. The summed E-state index contributed by atoms with van der Waals surface area (Å²) >= 11 is 12.9. The maximum atomic E-state index is 12.6. The number of aryl methyl sites for hydroxylation is 1. The maximum Gasteiger partial charge on any atom is 0.120 e. The number of phenolic OH excluding ortho intramolecular Hbond substituents is 1. The summed E-state index contributed by atoms with van der Waals surface area (Å²) in [6, 6.07) is 19.5. The van der Waals surface area contributed by atoms with Crippen molar-refractivity contribution in [3.05, 3.63) is 93.0 Å². The van der Waals surface area contributed by atoms with Gasteiger partial charge in [0.05, 0.1) is 6.67 Å². The molecule has 0 bridgehead atoms. The Kier molecular flexibility index (Phi) is 7.85. The van der Waals surface area contributed by atoms with Crippen molar-refractivity contribution in [1.29, 1.82) is 0 Å². The van der Waals surface area contributed by atoms with Gasteiger partial charge in [-0.05, 0) is 102 Å². The number of halogens is 3. The minimum absolute atomic E-state index is 0.0948. The molecule has 6 heteroatoms. The first-order valence-corrected chi connectivity index (χ1v) is 13.3. The zero-order valence-electron chi connectivity index (χ0n) is 20.2. The lowest BCUT2D eigenvalue weighted by Gasteiger charge is -2.20. The van der Waals surface area contributed by atoms with Crippen LogP contribution < -0.4 is 4.74 Å². The van der Waals surface area contributed by atoms with Crippen LogP contribution in [0.4, 0.5) is 4.39 Å². The molecule has 3 nitrogen and oxygen atoms in total. The smallest absolute Gasteiger partial charge is 0.120 e. The molecule has 2 aliphatic rings. The Morgan fingerprint density at radius 1 is 1.00 bits per heavy atom. The standard InChI is InChI=1S/C30H30Cl2FNO2/c31-22-8-10-27(29(32)18-22)28-7-2-4-20-16-23(35)9-11-26(20)30(28)21-5-1-6-24(17-21)36-25-12-15-34(19-25)14-3-13-33/h1,5-6,8-11,16-18,25,35H,2-4,7,12-15,19H2/t25-/m1/s1. The Balaban J connectivity index is 1.55. The monoisotopic (exact) mass is 525 g/mol. The number of alkyl halides is 1. The van der Waals surface area contributed by atoms with Crippen molar-refractivity contribution in [2.75, 3.05) is 26.3 Å². The van der Waals surface area contributed by atoms with Crippen LogP contribution in [0.15, 0.2) is 60.7 Å². The van der Waals surface area contributed by atoms with Gasteiger partial charge in [0, 0.05) is 29.7 Å². The first-order chi connectivity index (χ1) is 17.5. The van der Waals surface area contributed by atoms with Crippen LogP contribution in [-0.4, -0.2) is 42.4 Å². The fraction of sp³-hybridized carbons (Fsp3) is 0.333. The van der Waals surface area contributed by atoms with Gasteiger partial charge in [-0.25, -0.2) is 0 Å². The van der Waals surface area contributed by atoms with Crippen molar-refractivity contribution in [3.63, 3.8) is 0 Å². The molecule has 1 atom stereocenters. The fourth-order valence-corrected chi connectivity index (χ4v) is 5.93. The molecule has 0 unspecified atom stereocenters. The molecule has 1 aliphatic heterocycles. The van der Waals surface area contributed by atoms with Crippen molar-refractivity contribution in [2.45, 2.75) is 38.2 Å². The van der Waals surface area contributed by atoms with E-state index in [0.29, 0.717) is 16.5 Å². The predicted octanol–water partition coefficient (Wildman–Crippen LogP) is 7.81. The second-order valence-electron chi connectivity index (χ2n) is 9.57. The summed E-state index contributed by atoms with van der Waals surface area (Å²) in [6.45, 7) is 2.25.